The normalized spacial score (nSPS) is 19.3. The van der Waals surface area contributed by atoms with Crippen molar-refractivity contribution in [3.05, 3.63) is 22.9 Å². The number of amides is 1. The Bertz CT molecular complexity index is 472. The van der Waals surface area contributed by atoms with E-state index < -0.39 is 5.91 Å². The molecule has 0 saturated carbocycles. The lowest BCUT2D eigenvalue weighted by Crippen LogP contribution is -2.31. The zero-order valence-corrected chi connectivity index (χ0v) is 11.2. The van der Waals surface area contributed by atoms with Crippen molar-refractivity contribution in [2.75, 3.05) is 25.0 Å². The fourth-order valence-corrected chi connectivity index (χ4v) is 2.54. The van der Waals surface area contributed by atoms with Crippen molar-refractivity contribution in [3.8, 4) is 0 Å². The fourth-order valence-electron chi connectivity index (χ4n) is 2.54. The predicted molar refractivity (Wildman–Crippen MR) is 71.9 cm³/mol. The molecule has 1 aromatic rings. The van der Waals surface area contributed by atoms with Gasteiger partial charge in [-0.1, -0.05) is 0 Å². The van der Waals surface area contributed by atoms with Gasteiger partial charge in [-0.3, -0.25) is 4.79 Å². The lowest BCUT2D eigenvalue weighted by Gasteiger charge is -2.21. The van der Waals surface area contributed by atoms with Gasteiger partial charge < -0.3 is 16.0 Å². The van der Waals surface area contributed by atoms with E-state index in [0.29, 0.717) is 11.6 Å². The Balaban J connectivity index is 2.40. The molecule has 1 unspecified atom stereocenters. The van der Waals surface area contributed by atoms with E-state index in [1.165, 1.54) is 0 Å². The summed E-state index contributed by atoms with van der Waals surface area (Å²) >= 11 is 0. The Morgan fingerprint density at radius 3 is 2.83 bits per heavy atom. The Morgan fingerprint density at radius 2 is 2.28 bits per heavy atom. The van der Waals surface area contributed by atoms with Gasteiger partial charge in [0.15, 0.2) is 0 Å². The molecule has 3 N–H and O–H groups in total. The second-order valence-electron chi connectivity index (χ2n) is 4.86. The van der Waals surface area contributed by atoms with Gasteiger partial charge in [-0.25, -0.2) is 4.98 Å². The summed E-state index contributed by atoms with van der Waals surface area (Å²) in [6.07, 6.45) is 1.06. The highest BCUT2D eigenvalue weighted by molar-refractivity contribution is 5.99. The van der Waals surface area contributed by atoms with Crippen LogP contribution in [0.5, 0.6) is 0 Å². The summed E-state index contributed by atoms with van der Waals surface area (Å²) in [4.78, 5) is 18.2. The minimum atomic E-state index is -0.400. The summed E-state index contributed by atoms with van der Waals surface area (Å²) in [5.74, 6) is 0.334. The van der Waals surface area contributed by atoms with Crippen molar-refractivity contribution in [1.29, 1.82) is 0 Å². The molecule has 0 aromatic carbocycles. The Labute approximate surface area is 107 Å². The Kier molecular flexibility index (Phi) is 3.52. The number of aromatic nitrogens is 1. The van der Waals surface area contributed by atoms with Gasteiger partial charge >= 0.3 is 0 Å². The maximum Gasteiger partial charge on any atom is 0.252 e. The summed E-state index contributed by atoms with van der Waals surface area (Å²) in [7, 11) is 1.96. The minimum Gasteiger partial charge on any atom is -0.365 e. The molecule has 1 saturated heterocycles. The van der Waals surface area contributed by atoms with E-state index in [-0.39, 0.29) is 0 Å². The van der Waals surface area contributed by atoms with E-state index in [9.17, 15) is 4.79 Å². The topological polar surface area (TPSA) is 71.2 Å². The summed E-state index contributed by atoms with van der Waals surface area (Å²) < 4.78 is 0. The molecule has 1 amide bonds. The number of nitrogens with two attached hydrogens (primary N) is 1. The van der Waals surface area contributed by atoms with Crippen LogP contribution in [0.2, 0.25) is 0 Å². The van der Waals surface area contributed by atoms with Crippen LogP contribution in [0.1, 0.15) is 28.0 Å². The maximum absolute atomic E-state index is 11.6. The summed E-state index contributed by atoms with van der Waals surface area (Å²) in [6, 6.07) is 2.35. The van der Waals surface area contributed by atoms with Gasteiger partial charge in [-0.15, -0.1) is 0 Å². The number of pyridine rings is 1. The average Bonchev–Trinajstić information content (AvgIpc) is 2.75. The number of primary amides is 1. The molecule has 2 heterocycles. The van der Waals surface area contributed by atoms with E-state index in [1.54, 1.807) is 0 Å². The number of hydrogen-bond acceptors (Lipinski definition) is 4. The van der Waals surface area contributed by atoms with Crippen molar-refractivity contribution in [1.82, 2.24) is 10.3 Å². The Hall–Kier alpha value is -1.62. The number of aryl methyl sites for hydroxylation is 2. The number of hydrogen-bond donors (Lipinski definition) is 2. The standard InChI is InChI=1S/C13H20N4O/c1-8-6-9(2)16-13(11(8)12(14)18)17-5-4-10(7-17)15-3/h6,10,15H,4-5,7H2,1-3H3,(H2,14,18). The molecular weight excluding hydrogens is 228 g/mol. The second kappa shape index (κ2) is 4.94. The quantitative estimate of drug-likeness (QED) is 0.821. The SMILES string of the molecule is CNC1CCN(c2nc(C)cc(C)c2C(N)=O)C1. The molecule has 0 bridgehead atoms. The first-order valence-electron chi connectivity index (χ1n) is 6.23. The molecule has 1 atom stereocenters. The largest absolute Gasteiger partial charge is 0.365 e. The molecule has 98 valence electrons. The van der Waals surface area contributed by atoms with Crippen molar-refractivity contribution in [2.24, 2.45) is 5.73 Å². The van der Waals surface area contributed by atoms with Crippen LogP contribution >= 0.6 is 0 Å². The van der Waals surface area contributed by atoms with Crippen LogP contribution in [-0.2, 0) is 0 Å². The smallest absolute Gasteiger partial charge is 0.252 e. The molecule has 0 spiro atoms. The van der Waals surface area contributed by atoms with Gasteiger partial charge in [0.1, 0.15) is 5.82 Å². The van der Waals surface area contributed by atoms with Crippen LogP contribution in [0.4, 0.5) is 5.82 Å². The monoisotopic (exact) mass is 248 g/mol. The molecule has 1 aliphatic rings. The summed E-state index contributed by atoms with van der Waals surface area (Å²) in [5.41, 5.74) is 7.85. The Morgan fingerprint density at radius 1 is 1.56 bits per heavy atom. The van der Waals surface area contributed by atoms with Gasteiger partial charge in [-0.05, 0) is 38.9 Å². The molecule has 5 nitrogen and oxygen atoms in total. The van der Waals surface area contributed by atoms with Crippen LogP contribution in [0.3, 0.4) is 0 Å². The third-order valence-electron chi connectivity index (χ3n) is 3.47. The summed E-state index contributed by atoms with van der Waals surface area (Å²) in [5, 5.41) is 3.26. The predicted octanol–water partition coefficient (Wildman–Crippen LogP) is 0.595. The van der Waals surface area contributed by atoms with E-state index in [2.05, 4.69) is 15.2 Å². The first-order chi connectivity index (χ1) is 8.52. The first-order valence-corrected chi connectivity index (χ1v) is 6.23. The van der Waals surface area contributed by atoms with Crippen molar-refractivity contribution in [3.63, 3.8) is 0 Å². The van der Waals surface area contributed by atoms with E-state index >= 15 is 0 Å². The molecule has 0 aliphatic carbocycles. The number of nitrogens with zero attached hydrogens (tertiary/aromatic N) is 2. The van der Waals surface area contributed by atoms with Crippen LogP contribution in [-0.4, -0.2) is 37.1 Å². The van der Waals surface area contributed by atoms with Crippen LogP contribution < -0.4 is 16.0 Å². The number of nitrogens with one attached hydrogen (secondary N) is 1. The van der Waals surface area contributed by atoms with E-state index in [0.717, 1.165) is 36.6 Å². The van der Waals surface area contributed by atoms with Crippen LogP contribution in [0.15, 0.2) is 6.07 Å². The average molecular weight is 248 g/mol. The van der Waals surface area contributed by atoms with Crippen molar-refractivity contribution in [2.45, 2.75) is 26.3 Å². The number of carbonyl (C=O) groups excluding carboxylic acids is 1. The third-order valence-corrected chi connectivity index (χ3v) is 3.47. The zero-order valence-electron chi connectivity index (χ0n) is 11.2. The van der Waals surface area contributed by atoms with Crippen LogP contribution in [0.25, 0.3) is 0 Å². The zero-order chi connectivity index (χ0) is 13.3. The van der Waals surface area contributed by atoms with E-state index in [4.69, 9.17) is 5.73 Å². The maximum atomic E-state index is 11.6. The van der Waals surface area contributed by atoms with Crippen LogP contribution in [0, 0.1) is 13.8 Å². The van der Waals surface area contributed by atoms with Gasteiger partial charge in [0.2, 0.25) is 0 Å². The van der Waals surface area contributed by atoms with Gasteiger partial charge in [-0.2, -0.15) is 0 Å². The van der Waals surface area contributed by atoms with Crippen molar-refractivity contribution >= 4 is 11.7 Å². The highest BCUT2D eigenvalue weighted by Crippen LogP contribution is 2.25. The molecule has 5 heteroatoms. The lowest BCUT2D eigenvalue weighted by molar-refractivity contribution is 0.1000. The molecule has 2 rings (SSSR count). The molecular formula is C13H20N4O. The highest BCUT2D eigenvalue weighted by Gasteiger charge is 2.26. The first kappa shape index (κ1) is 12.8. The molecule has 1 aromatic heterocycles. The van der Waals surface area contributed by atoms with Gasteiger partial charge in [0, 0.05) is 24.8 Å². The molecule has 0 radical (unpaired) electrons. The number of rotatable bonds is 3. The third kappa shape index (κ3) is 2.31. The second-order valence-corrected chi connectivity index (χ2v) is 4.86. The number of anilines is 1. The number of carbonyl (C=O) groups is 1. The lowest BCUT2D eigenvalue weighted by atomic mass is 10.1. The minimum absolute atomic E-state index is 0.400. The van der Waals surface area contributed by atoms with Gasteiger partial charge in [0.25, 0.3) is 5.91 Å². The van der Waals surface area contributed by atoms with Gasteiger partial charge in [0.05, 0.1) is 5.56 Å². The molecule has 18 heavy (non-hydrogen) atoms. The fraction of sp³-hybridized carbons (Fsp3) is 0.538. The van der Waals surface area contributed by atoms with Crippen molar-refractivity contribution < 1.29 is 4.79 Å². The highest BCUT2D eigenvalue weighted by atomic mass is 16.1. The number of likely N-dealkylation sites (N-methyl/N-ethyl adjacent to an activating group) is 1. The van der Waals surface area contributed by atoms with E-state index in [1.807, 2.05) is 27.0 Å². The molecule has 1 aliphatic heterocycles. The summed E-state index contributed by atoms with van der Waals surface area (Å²) in [6.45, 7) is 5.62. The molecule has 1 fully saturated rings.